The Hall–Kier alpha value is -0.960. The minimum atomic E-state index is 0.0168. The molecule has 0 spiro atoms. The fourth-order valence-electron chi connectivity index (χ4n) is 3.05. The average molecular weight is 277 g/mol. The van der Waals surface area contributed by atoms with Gasteiger partial charge in [0.05, 0.1) is 5.56 Å². The fraction of sp³-hybridized carbons (Fsp3) is 0.562. The number of carbonyl (C=O) groups is 1. The van der Waals surface area contributed by atoms with Crippen LogP contribution in [0.2, 0.25) is 0 Å². The van der Waals surface area contributed by atoms with Gasteiger partial charge in [0, 0.05) is 10.9 Å². The molecule has 104 valence electrons. The Balaban J connectivity index is 2.07. The van der Waals surface area contributed by atoms with E-state index < -0.39 is 0 Å². The van der Waals surface area contributed by atoms with Gasteiger partial charge in [-0.25, -0.2) is 0 Å². The zero-order valence-corrected chi connectivity index (χ0v) is 12.6. The van der Waals surface area contributed by atoms with Crippen molar-refractivity contribution in [2.45, 2.75) is 50.5 Å². The molecule has 0 saturated heterocycles. The number of hydrogen-bond donors (Lipinski definition) is 2. The summed E-state index contributed by atoms with van der Waals surface area (Å²) in [5.41, 5.74) is 0.680. The van der Waals surface area contributed by atoms with Gasteiger partial charge in [0.2, 0.25) is 0 Å². The summed E-state index contributed by atoms with van der Waals surface area (Å²) in [5, 5.41) is 3.22. The molecule has 0 bridgehead atoms. The second kappa shape index (κ2) is 6.47. The van der Waals surface area contributed by atoms with Gasteiger partial charge in [-0.2, -0.15) is 0 Å². The van der Waals surface area contributed by atoms with Gasteiger partial charge in [-0.15, -0.1) is 12.6 Å². The van der Waals surface area contributed by atoms with Crippen molar-refractivity contribution in [3.05, 3.63) is 29.8 Å². The first-order chi connectivity index (χ1) is 9.09. The number of thiol groups is 1. The lowest BCUT2D eigenvalue weighted by molar-refractivity contribution is 0.0886. The number of amides is 1. The van der Waals surface area contributed by atoms with E-state index in [1.807, 2.05) is 24.3 Å². The van der Waals surface area contributed by atoms with E-state index in [4.69, 9.17) is 0 Å². The summed E-state index contributed by atoms with van der Waals surface area (Å²) in [6.45, 7) is 4.50. The summed E-state index contributed by atoms with van der Waals surface area (Å²) in [5.74, 6) is 1.24. The molecule has 19 heavy (non-hydrogen) atoms. The minimum Gasteiger partial charge on any atom is -0.349 e. The SMILES string of the molecule is CC(C)C1CCCCC1NC(=O)c1ccccc1S. The summed E-state index contributed by atoms with van der Waals surface area (Å²) in [6, 6.07) is 7.80. The minimum absolute atomic E-state index is 0.0168. The molecular formula is C16H23NOS. The van der Waals surface area contributed by atoms with Crippen molar-refractivity contribution in [1.29, 1.82) is 0 Å². The highest BCUT2D eigenvalue weighted by Gasteiger charge is 2.29. The molecule has 1 amide bonds. The van der Waals surface area contributed by atoms with Crippen LogP contribution in [0, 0.1) is 11.8 Å². The molecule has 3 heteroatoms. The lowest BCUT2D eigenvalue weighted by Crippen LogP contribution is -2.44. The monoisotopic (exact) mass is 277 g/mol. The maximum atomic E-state index is 12.3. The summed E-state index contributed by atoms with van der Waals surface area (Å²) in [4.78, 5) is 13.1. The Kier molecular flexibility index (Phi) is 4.92. The first-order valence-corrected chi connectivity index (χ1v) is 7.63. The zero-order chi connectivity index (χ0) is 13.8. The van der Waals surface area contributed by atoms with Crippen molar-refractivity contribution in [3.8, 4) is 0 Å². The molecule has 1 aliphatic rings. The quantitative estimate of drug-likeness (QED) is 0.806. The molecule has 0 radical (unpaired) electrons. The van der Waals surface area contributed by atoms with Gasteiger partial charge in [0.15, 0.2) is 0 Å². The van der Waals surface area contributed by atoms with Gasteiger partial charge >= 0.3 is 0 Å². The van der Waals surface area contributed by atoms with Gasteiger partial charge in [-0.1, -0.05) is 38.8 Å². The molecule has 2 unspecified atom stereocenters. The van der Waals surface area contributed by atoms with Crippen molar-refractivity contribution < 1.29 is 4.79 Å². The Labute approximate surface area is 121 Å². The second-order valence-corrected chi connectivity index (χ2v) is 6.27. The molecule has 1 aromatic rings. The van der Waals surface area contributed by atoms with Crippen LogP contribution in [0.3, 0.4) is 0 Å². The van der Waals surface area contributed by atoms with Crippen LogP contribution in [0.15, 0.2) is 29.2 Å². The third-order valence-corrected chi connectivity index (χ3v) is 4.53. The highest BCUT2D eigenvalue weighted by atomic mass is 32.1. The topological polar surface area (TPSA) is 29.1 Å². The zero-order valence-electron chi connectivity index (χ0n) is 11.7. The summed E-state index contributed by atoms with van der Waals surface area (Å²) in [6.07, 6.45) is 4.84. The molecular weight excluding hydrogens is 254 g/mol. The van der Waals surface area contributed by atoms with Crippen LogP contribution < -0.4 is 5.32 Å². The molecule has 1 N–H and O–H groups in total. The molecule has 0 aliphatic heterocycles. The van der Waals surface area contributed by atoms with E-state index in [-0.39, 0.29) is 5.91 Å². The van der Waals surface area contributed by atoms with E-state index in [1.54, 1.807) is 0 Å². The Bertz CT molecular complexity index is 444. The van der Waals surface area contributed by atoms with E-state index in [0.29, 0.717) is 23.4 Å². The van der Waals surface area contributed by atoms with Crippen LogP contribution in [-0.2, 0) is 0 Å². The van der Waals surface area contributed by atoms with Crippen molar-refractivity contribution in [3.63, 3.8) is 0 Å². The summed E-state index contributed by atoms with van der Waals surface area (Å²) >= 11 is 4.36. The summed E-state index contributed by atoms with van der Waals surface area (Å²) < 4.78 is 0. The largest absolute Gasteiger partial charge is 0.349 e. The van der Waals surface area contributed by atoms with Gasteiger partial charge < -0.3 is 5.32 Å². The molecule has 2 nitrogen and oxygen atoms in total. The Morgan fingerprint density at radius 2 is 1.95 bits per heavy atom. The maximum Gasteiger partial charge on any atom is 0.252 e. The molecule has 2 atom stereocenters. The molecule has 1 aromatic carbocycles. The molecule has 0 heterocycles. The van der Waals surface area contributed by atoms with Crippen LogP contribution >= 0.6 is 12.6 Å². The number of benzene rings is 1. The van der Waals surface area contributed by atoms with Crippen molar-refractivity contribution in [2.75, 3.05) is 0 Å². The van der Waals surface area contributed by atoms with Gasteiger partial charge in [0.1, 0.15) is 0 Å². The van der Waals surface area contributed by atoms with E-state index >= 15 is 0 Å². The maximum absolute atomic E-state index is 12.3. The van der Waals surface area contributed by atoms with E-state index in [1.165, 1.54) is 19.3 Å². The summed E-state index contributed by atoms with van der Waals surface area (Å²) in [7, 11) is 0. The van der Waals surface area contributed by atoms with Crippen LogP contribution in [0.4, 0.5) is 0 Å². The molecule has 0 aromatic heterocycles. The van der Waals surface area contributed by atoms with Crippen molar-refractivity contribution >= 4 is 18.5 Å². The van der Waals surface area contributed by atoms with Crippen LogP contribution in [0.1, 0.15) is 49.9 Å². The normalized spacial score (nSPS) is 23.4. The molecule has 1 saturated carbocycles. The smallest absolute Gasteiger partial charge is 0.252 e. The standard InChI is InChI=1S/C16H23NOS/c1-11(2)12-7-3-5-9-14(12)17-16(18)13-8-4-6-10-15(13)19/h4,6,8,10-12,14,19H,3,5,7,9H2,1-2H3,(H,17,18). The molecule has 2 rings (SSSR count). The Morgan fingerprint density at radius 1 is 1.26 bits per heavy atom. The van der Waals surface area contributed by atoms with Gasteiger partial charge in [-0.05, 0) is 36.8 Å². The third kappa shape index (κ3) is 3.53. The number of nitrogens with one attached hydrogen (secondary N) is 1. The molecule has 1 fully saturated rings. The second-order valence-electron chi connectivity index (χ2n) is 5.79. The van der Waals surface area contributed by atoms with Gasteiger partial charge in [-0.3, -0.25) is 4.79 Å². The highest BCUT2D eigenvalue weighted by Crippen LogP contribution is 2.30. The average Bonchev–Trinajstić information content (AvgIpc) is 2.39. The first kappa shape index (κ1) is 14.4. The number of hydrogen-bond acceptors (Lipinski definition) is 2. The predicted octanol–water partition coefficient (Wildman–Crippen LogP) is 3.92. The van der Waals surface area contributed by atoms with E-state index in [2.05, 4.69) is 31.8 Å². The first-order valence-electron chi connectivity index (χ1n) is 7.18. The van der Waals surface area contributed by atoms with Crippen LogP contribution in [0.5, 0.6) is 0 Å². The highest BCUT2D eigenvalue weighted by molar-refractivity contribution is 7.80. The predicted molar refractivity (Wildman–Crippen MR) is 81.7 cm³/mol. The third-order valence-electron chi connectivity index (χ3n) is 4.14. The van der Waals surface area contributed by atoms with Crippen LogP contribution in [-0.4, -0.2) is 11.9 Å². The Morgan fingerprint density at radius 3 is 2.63 bits per heavy atom. The lowest BCUT2D eigenvalue weighted by Gasteiger charge is -2.35. The fourth-order valence-corrected chi connectivity index (χ4v) is 3.31. The lowest BCUT2D eigenvalue weighted by atomic mass is 9.78. The number of rotatable bonds is 3. The molecule has 1 aliphatic carbocycles. The van der Waals surface area contributed by atoms with Crippen molar-refractivity contribution in [2.24, 2.45) is 11.8 Å². The van der Waals surface area contributed by atoms with Crippen LogP contribution in [0.25, 0.3) is 0 Å². The van der Waals surface area contributed by atoms with Gasteiger partial charge in [0.25, 0.3) is 5.91 Å². The number of carbonyl (C=O) groups excluding carboxylic acids is 1. The van der Waals surface area contributed by atoms with Crippen molar-refractivity contribution in [1.82, 2.24) is 5.32 Å². The van der Waals surface area contributed by atoms with E-state index in [0.717, 1.165) is 11.3 Å². The van der Waals surface area contributed by atoms with E-state index in [9.17, 15) is 4.79 Å².